The molecule has 8 heteroatoms. The van der Waals surface area contributed by atoms with Gasteiger partial charge in [0.1, 0.15) is 6.10 Å². The van der Waals surface area contributed by atoms with Gasteiger partial charge in [0.25, 0.3) is 0 Å². The van der Waals surface area contributed by atoms with Crippen LogP contribution in [0.5, 0.6) is 0 Å². The van der Waals surface area contributed by atoms with Gasteiger partial charge in [0.2, 0.25) is 0 Å². The van der Waals surface area contributed by atoms with Crippen LogP contribution in [0.25, 0.3) is 0 Å². The summed E-state index contributed by atoms with van der Waals surface area (Å²) in [5, 5.41) is 0. The van der Waals surface area contributed by atoms with Gasteiger partial charge in [-0.05, 0) is 94.4 Å². The number of hydrogen-bond donors (Lipinski definition) is 0. The third-order valence-corrected chi connectivity index (χ3v) is 10.4. The molecule has 2 saturated carbocycles. The van der Waals surface area contributed by atoms with E-state index in [4.69, 9.17) is 28.4 Å². The number of allylic oxidation sites excluding steroid dienone is 2. The molecule has 8 nitrogen and oxygen atoms in total. The van der Waals surface area contributed by atoms with E-state index in [-0.39, 0.29) is 54.7 Å². The van der Waals surface area contributed by atoms with E-state index in [0.29, 0.717) is 31.3 Å². The SMILES string of the molecule is COC(=O)CCC/C=C\C[C@@H]1[C@@H](/C=C/[C@@H](OC2CCCCO2)C2CCC(c3ccccc3)C2)[C@H](OC2CCCCO2)C[C@@H]1OC(C)=O. The van der Waals surface area contributed by atoms with Gasteiger partial charge in [-0.2, -0.15) is 0 Å². The first kappa shape index (κ1) is 35.8. The van der Waals surface area contributed by atoms with Gasteiger partial charge in [-0.15, -0.1) is 0 Å². The molecule has 0 N–H and O–H groups in total. The van der Waals surface area contributed by atoms with Gasteiger partial charge in [-0.3, -0.25) is 9.59 Å². The highest BCUT2D eigenvalue weighted by Crippen LogP contribution is 2.44. The predicted octanol–water partition coefficient (Wildman–Crippen LogP) is 7.81. The highest BCUT2D eigenvalue weighted by molar-refractivity contribution is 5.69. The fourth-order valence-electron chi connectivity index (χ4n) is 7.89. The summed E-state index contributed by atoms with van der Waals surface area (Å²) in [6, 6.07) is 10.9. The molecule has 1 aromatic carbocycles. The van der Waals surface area contributed by atoms with Crippen molar-refractivity contribution in [1.29, 1.82) is 0 Å². The van der Waals surface area contributed by atoms with Crippen molar-refractivity contribution in [3.8, 4) is 0 Å². The monoisotopic (exact) mass is 652 g/mol. The number of esters is 2. The lowest BCUT2D eigenvalue weighted by atomic mass is 9.88. The van der Waals surface area contributed by atoms with Crippen LogP contribution in [0.15, 0.2) is 54.6 Å². The van der Waals surface area contributed by atoms with Gasteiger partial charge in [0.05, 0.1) is 19.3 Å². The highest BCUT2D eigenvalue weighted by atomic mass is 16.7. The normalized spacial score (nSPS) is 32.1. The molecule has 2 saturated heterocycles. The lowest BCUT2D eigenvalue weighted by Crippen LogP contribution is -2.32. The predicted molar refractivity (Wildman–Crippen MR) is 179 cm³/mol. The van der Waals surface area contributed by atoms with E-state index in [1.54, 1.807) is 0 Å². The second-order valence-electron chi connectivity index (χ2n) is 13.7. The smallest absolute Gasteiger partial charge is 0.305 e. The highest BCUT2D eigenvalue weighted by Gasteiger charge is 2.45. The second-order valence-corrected chi connectivity index (χ2v) is 13.7. The molecular weight excluding hydrogens is 596 g/mol. The first-order chi connectivity index (χ1) is 23.0. The van der Waals surface area contributed by atoms with Crippen LogP contribution in [0.3, 0.4) is 0 Å². The van der Waals surface area contributed by atoms with Crippen molar-refractivity contribution in [3.63, 3.8) is 0 Å². The zero-order chi connectivity index (χ0) is 32.8. The summed E-state index contributed by atoms with van der Waals surface area (Å²) >= 11 is 0. The van der Waals surface area contributed by atoms with E-state index in [1.807, 2.05) is 0 Å². The molecule has 2 aliphatic carbocycles. The standard InChI is InChI=1S/C39H56O8/c1-28(40)45-35-27-36(47-39-19-11-13-25-44-39)33(32(35)16-8-3-4-9-17-37(41)42-2)22-23-34(46-38-18-10-12-24-43-38)31-21-20-30(26-31)29-14-6-5-7-15-29/h3,5-8,14-15,22-23,30-36,38-39H,4,9-13,16-21,24-27H2,1-2H3/b8-3-,23-22+/t30?,31?,32-,33-,34-,35+,36-,38?,39?/m1/s1. The third kappa shape index (κ3) is 11.0. The molecule has 0 amide bonds. The van der Waals surface area contributed by atoms with Crippen molar-refractivity contribution in [2.75, 3.05) is 20.3 Å². The Kier molecular flexibility index (Phi) is 14.4. The minimum Gasteiger partial charge on any atom is -0.469 e. The Morgan fingerprint density at radius 2 is 1.68 bits per heavy atom. The first-order valence-corrected chi connectivity index (χ1v) is 18.2. The number of carbonyl (C=O) groups excluding carboxylic acids is 2. The molecule has 2 aliphatic heterocycles. The molecule has 5 rings (SSSR count). The number of hydrogen-bond acceptors (Lipinski definition) is 8. The maximum atomic E-state index is 12.3. The van der Waals surface area contributed by atoms with Crippen LogP contribution in [0.2, 0.25) is 0 Å². The van der Waals surface area contributed by atoms with Crippen molar-refractivity contribution in [2.24, 2.45) is 17.8 Å². The van der Waals surface area contributed by atoms with Crippen molar-refractivity contribution >= 4 is 11.9 Å². The van der Waals surface area contributed by atoms with Gasteiger partial charge in [-0.25, -0.2) is 0 Å². The topological polar surface area (TPSA) is 89.5 Å². The van der Waals surface area contributed by atoms with Crippen LogP contribution in [0.4, 0.5) is 0 Å². The number of benzene rings is 1. The van der Waals surface area contributed by atoms with Crippen LogP contribution in [0, 0.1) is 17.8 Å². The van der Waals surface area contributed by atoms with Crippen LogP contribution < -0.4 is 0 Å². The average Bonchev–Trinajstić information content (AvgIpc) is 3.70. The second kappa shape index (κ2) is 18.9. The Balaban J connectivity index is 1.35. The Hall–Kier alpha value is -2.52. The molecule has 4 aliphatic rings. The number of carbonyl (C=O) groups is 2. The molecule has 9 atom stereocenters. The molecule has 2 heterocycles. The fraction of sp³-hybridized carbons (Fsp3) is 0.692. The molecule has 0 radical (unpaired) electrons. The maximum Gasteiger partial charge on any atom is 0.305 e. The number of rotatable bonds is 15. The zero-order valence-electron chi connectivity index (χ0n) is 28.5. The fourth-order valence-corrected chi connectivity index (χ4v) is 7.89. The van der Waals surface area contributed by atoms with Crippen molar-refractivity contribution < 1.29 is 38.0 Å². The summed E-state index contributed by atoms with van der Waals surface area (Å²) in [7, 11) is 1.42. The molecule has 0 bridgehead atoms. The molecule has 4 fully saturated rings. The Morgan fingerprint density at radius 3 is 2.38 bits per heavy atom. The largest absolute Gasteiger partial charge is 0.469 e. The minimum absolute atomic E-state index is 0.0225. The van der Waals surface area contributed by atoms with Gasteiger partial charge in [-0.1, -0.05) is 54.6 Å². The quantitative estimate of drug-likeness (QED) is 0.108. The van der Waals surface area contributed by atoms with Gasteiger partial charge < -0.3 is 28.4 Å². The van der Waals surface area contributed by atoms with Crippen molar-refractivity contribution in [3.05, 3.63) is 60.2 Å². The third-order valence-electron chi connectivity index (χ3n) is 10.4. The van der Waals surface area contributed by atoms with Gasteiger partial charge in [0, 0.05) is 44.8 Å². The van der Waals surface area contributed by atoms with Crippen LogP contribution in [-0.2, 0) is 38.0 Å². The van der Waals surface area contributed by atoms with E-state index >= 15 is 0 Å². The van der Waals surface area contributed by atoms with Gasteiger partial charge >= 0.3 is 11.9 Å². The first-order valence-electron chi connectivity index (χ1n) is 18.2. The van der Waals surface area contributed by atoms with Crippen molar-refractivity contribution in [1.82, 2.24) is 0 Å². The zero-order valence-corrected chi connectivity index (χ0v) is 28.5. The summed E-state index contributed by atoms with van der Waals surface area (Å²) in [4.78, 5) is 23.8. The number of unbranched alkanes of at least 4 members (excludes halogenated alkanes) is 1. The molecule has 0 spiro atoms. The molecule has 260 valence electrons. The molecular formula is C39H56O8. The molecule has 47 heavy (non-hydrogen) atoms. The average molecular weight is 653 g/mol. The van der Waals surface area contributed by atoms with E-state index in [0.717, 1.165) is 83.7 Å². The van der Waals surface area contributed by atoms with E-state index in [9.17, 15) is 9.59 Å². The molecule has 0 aromatic heterocycles. The van der Waals surface area contributed by atoms with Crippen LogP contribution >= 0.6 is 0 Å². The van der Waals surface area contributed by atoms with Crippen LogP contribution in [0.1, 0.15) is 108 Å². The van der Waals surface area contributed by atoms with Gasteiger partial charge in [0.15, 0.2) is 12.6 Å². The number of methoxy groups -OCH3 is 1. The van der Waals surface area contributed by atoms with Crippen LogP contribution in [-0.4, -0.2) is 63.2 Å². The van der Waals surface area contributed by atoms with E-state index in [1.165, 1.54) is 19.6 Å². The maximum absolute atomic E-state index is 12.3. The molecule has 4 unspecified atom stereocenters. The summed E-state index contributed by atoms with van der Waals surface area (Å²) < 4.78 is 36.2. The summed E-state index contributed by atoms with van der Waals surface area (Å²) in [5.41, 5.74) is 1.41. The Bertz CT molecular complexity index is 1140. The minimum atomic E-state index is -0.270. The number of ether oxygens (including phenoxy) is 6. The summed E-state index contributed by atoms with van der Waals surface area (Å²) in [6.07, 6.45) is 20.8. The lowest BCUT2D eigenvalue weighted by Gasteiger charge is -2.31. The van der Waals surface area contributed by atoms with E-state index in [2.05, 4.69) is 54.6 Å². The summed E-state index contributed by atoms with van der Waals surface area (Å²) in [6.45, 7) is 2.95. The van der Waals surface area contributed by atoms with Crippen molar-refractivity contribution in [2.45, 2.75) is 134 Å². The van der Waals surface area contributed by atoms with E-state index < -0.39 is 0 Å². The Labute approximate surface area is 281 Å². The Morgan fingerprint density at radius 1 is 0.915 bits per heavy atom. The summed E-state index contributed by atoms with van der Waals surface area (Å²) in [5.74, 6) is 0.535. The molecule has 1 aromatic rings. The lowest BCUT2D eigenvalue weighted by molar-refractivity contribution is -0.193.